The van der Waals surface area contributed by atoms with Crippen LogP contribution >= 0.6 is 12.4 Å². The van der Waals surface area contributed by atoms with E-state index in [1.165, 1.54) is 12.1 Å². The molecule has 2 aliphatic heterocycles. The minimum absolute atomic E-state index is 0. The highest BCUT2D eigenvalue weighted by Crippen LogP contribution is 2.36. The summed E-state index contributed by atoms with van der Waals surface area (Å²) < 4.78 is 26.2. The molecule has 1 N–H and O–H groups in total. The zero-order valence-electron chi connectivity index (χ0n) is 16.0. The van der Waals surface area contributed by atoms with Crippen LogP contribution in [0.4, 0.5) is 4.39 Å². The van der Waals surface area contributed by atoms with Crippen molar-refractivity contribution in [3.63, 3.8) is 0 Å². The number of benzene rings is 1. The number of rotatable bonds is 3. The van der Waals surface area contributed by atoms with E-state index in [1.807, 2.05) is 34.7 Å². The van der Waals surface area contributed by atoms with Crippen LogP contribution < -0.4 is 10.8 Å². The maximum absolute atomic E-state index is 14.4. The molecule has 0 aliphatic carbocycles. The van der Waals surface area contributed by atoms with Crippen molar-refractivity contribution >= 4 is 30.9 Å². The van der Waals surface area contributed by atoms with Gasteiger partial charge in [-0.15, -0.1) is 12.4 Å². The zero-order valence-corrected chi connectivity index (χ0v) is 16.8. The molecule has 1 aromatic rings. The SMILES string of the molecule is CN[C@@H]1CCN(C(=O)c2ccc(F)c(B3OC(C)(C)C(C)(C)O3)c2)C1.Cl. The molecule has 2 heterocycles. The second-order valence-corrected chi connectivity index (χ2v) is 7.85. The molecule has 2 saturated heterocycles. The van der Waals surface area contributed by atoms with Crippen LogP contribution in [0.2, 0.25) is 0 Å². The number of carbonyl (C=O) groups is 1. The van der Waals surface area contributed by atoms with Gasteiger partial charge < -0.3 is 19.5 Å². The minimum Gasteiger partial charge on any atom is -0.399 e. The summed E-state index contributed by atoms with van der Waals surface area (Å²) in [4.78, 5) is 14.5. The van der Waals surface area contributed by atoms with E-state index in [0.29, 0.717) is 24.7 Å². The molecule has 1 aromatic carbocycles. The van der Waals surface area contributed by atoms with Gasteiger partial charge in [-0.3, -0.25) is 4.79 Å². The smallest absolute Gasteiger partial charge is 0.399 e. The highest BCUT2D eigenvalue weighted by Gasteiger charge is 2.52. The molecule has 2 fully saturated rings. The summed E-state index contributed by atoms with van der Waals surface area (Å²) in [6.45, 7) is 9.04. The van der Waals surface area contributed by atoms with Crippen LogP contribution in [0.5, 0.6) is 0 Å². The molecule has 1 amide bonds. The second-order valence-electron chi connectivity index (χ2n) is 7.85. The van der Waals surface area contributed by atoms with Gasteiger partial charge in [-0.1, -0.05) is 0 Å². The maximum Gasteiger partial charge on any atom is 0.497 e. The van der Waals surface area contributed by atoms with Gasteiger partial charge in [0, 0.05) is 30.2 Å². The lowest BCUT2D eigenvalue weighted by Gasteiger charge is -2.32. The average molecular weight is 385 g/mol. The molecule has 1 atom stereocenters. The number of likely N-dealkylation sites (N-methyl/N-ethyl adjacent to an activating group) is 1. The number of nitrogens with one attached hydrogen (secondary N) is 1. The van der Waals surface area contributed by atoms with E-state index in [2.05, 4.69) is 5.32 Å². The van der Waals surface area contributed by atoms with Gasteiger partial charge in [0.1, 0.15) is 5.82 Å². The molecule has 0 unspecified atom stereocenters. The van der Waals surface area contributed by atoms with Crippen molar-refractivity contribution < 1.29 is 18.5 Å². The molecular weight excluding hydrogens is 357 g/mol. The van der Waals surface area contributed by atoms with Gasteiger partial charge in [0.2, 0.25) is 0 Å². The van der Waals surface area contributed by atoms with Crippen LogP contribution in [-0.4, -0.2) is 55.3 Å². The molecule has 0 spiro atoms. The lowest BCUT2D eigenvalue weighted by atomic mass is 9.78. The number of carbonyl (C=O) groups excluding carboxylic acids is 1. The van der Waals surface area contributed by atoms with Crippen LogP contribution in [0.3, 0.4) is 0 Å². The van der Waals surface area contributed by atoms with E-state index in [-0.39, 0.29) is 23.8 Å². The summed E-state index contributed by atoms with van der Waals surface area (Å²) in [7, 11) is 1.08. The van der Waals surface area contributed by atoms with E-state index < -0.39 is 24.1 Å². The Morgan fingerprint density at radius 2 is 1.88 bits per heavy atom. The fourth-order valence-corrected chi connectivity index (χ4v) is 3.19. The molecule has 26 heavy (non-hydrogen) atoms. The average Bonchev–Trinajstić information content (AvgIpc) is 3.09. The second kappa shape index (κ2) is 7.47. The molecule has 0 aromatic heterocycles. The van der Waals surface area contributed by atoms with Crippen molar-refractivity contribution in [2.24, 2.45) is 0 Å². The first-order valence-corrected chi connectivity index (χ1v) is 8.76. The first-order valence-electron chi connectivity index (χ1n) is 8.76. The van der Waals surface area contributed by atoms with Gasteiger partial charge in [-0.2, -0.15) is 0 Å². The molecule has 0 saturated carbocycles. The van der Waals surface area contributed by atoms with Gasteiger partial charge in [-0.05, 0) is 59.4 Å². The first kappa shape index (κ1) is 21.2. The third-order valence-electron chi connectivity index (χ3n) is 5.63. The van der Waals surface area contributed by atoms with Crippen LogP contribution in [0.15, 0.2) is 18.2 Å². The first-order chi connectivity index (χ1) is 11.6. The molecule has 5 nitrogen and oxygen atoms in total. The highest BCUT2D eigenvalue weighted by molar-refractivity contribution is 6.62. The highest BCUT2D eigenvalue weighted by atomic mass is 35.5. The zero-order chi connectivity index (χ0) is 18.4. The van der Waals surface area contributed by atoms with Crippen molar-refractivity contribution in [1.82, 2.24) is 10.2 Å². The quantitative estimate of drug-likeness (QED) is 0.810. The summed E-state index contributed by atoms with van der Waals surface area (Å²) >= 11 is 0. The van der Waals surface area contributed by atoms with E-state index in [1.54, 1.807) is 11.0 Å². The minimum atomic E-state index is -0.818. The van der Waals surface area contributed by atoms with Crippen molar-refractivity contribution in [1.29, 1.82) is 0 Å². The monoisotopic (exact) mass is 384 g/mol. The number of halogens is 2. The van der Waals surface area contributed by atoms with Crippen LogP contribution in [0.25, 0.3) is 0 Å². The van der Waals surface area contributed by atoms with Crippen molar-refractivity contribution in [2.45, 2.75) is 51.4 Å². The third-order valence-corrected chi connectivity index (χ3v) is 5.63. The van der Waals surface area contributed by atoms with E-state index >= 15 is 0 Å². The fraction of sp³-hybridized carbons (Fsp3) is 0.611. The van der Waals surface area contributed by atoms with Crippen molar-refractivity contribution in [3.05, 3.63) is 29.6 Å². The predicted octanol–water partition coefficient (Wildman–Crippen LogP) is 1.98. The topological polar surface area (TPSA) is 50.8 Å². The molecule has 2 aliphatic rings. The van der Waals surface area contributed by atoms with Gasteiger partial charge >= 0.3 is 7.12 Å². The Morgan fingerprint density at radius 1 is 1.27 bits per heavy atom. The Kier molecular flexibility index (Phi) is 6.08. The maximum atomic E-state index is 14.4. The Morgan fingerprint density at radius 3 is 2.42 bits per heavy atom. The van der Waals surface area contributed by atoms with Crippen molar-refractivity contribution in [2.75, 3.05) is 20.1 Å². The Balaban J connectivity index is 0.00000243. The fourth-order valence-electron chi connectivity index (χ4n) is 3.19. The summed E-state index contributed by atoms with van der Waals surface area (Å²) in [5, 5.41) is 3.19. The van der Waals surface area contributed by atoms with Crippen molar-refractivity contribution in [3.8, 4) is 0 Å². The molecule has 144 valence electrons. The van der Waals surface area contributed by atoms with Gasteiger partial charge in [-0.25, -0.2) is 4.39 Å². The molecule has 3 rings (SSSR count). The molecule has 0 bridgehead atoms. The Bertz CT molecular complexity index is 670. The summed E-state index contributed by atoms with van der Waals surface area (Å²) in [5.41, 5.74) is -0.380. The summed E-state index contributed by atoms with van der Waals surface area (Å²) in [5.74, 6) is -0.514. The lowest BCUT2D eigenvalue weighted by Crippen LogP contribution is -2.41. The normalized spacial score (nSPS) is 23.8. The molecule has 0 radical (unpaired) electrons. The predicted molar refractivity (Wildman–Crippen MR) is 103 cm³/mol. The number of nitrogens with zero attached hydrogens (tertiary/aromatic N) is 1. The third kappa shape index (κ3) is 3.76. The largest absolute Gasteiger partial charge is 0.497 e. The number of likely N-dealkylation sites (tertiary alicyclic amines) is 1. The summed E-state index contributed by atoms with van der Waals surface area (Å²) in [6, 6.07) is 4.72. The Hall–Kier alpha value is -1.15. The van der Waals surface area contributed by atoms with E-state index in [0.717, 1.165) is 6.42 Å². The molecular formula is C18H27BClFN2O3. The lowest BCUT2D eigenvalue weighted by molar-refractivity contribution is 0.00578. The van der Waals surface area contributed by atoms with Gasteiger partial charge in [0.15, 0.2) is 0 Å². The van der Waals surface area contributed by atoms with Crippen LogP contribution in [0.1, 0.15) is 44.5 Å². The van der Waals surface area contributed by atoms with Gasteiger partial charge in [0.05, 0.1) is 11.2 Å². The number of hydrogen-bond acceptors (Lipinski definition) is 4. The van der Waals surface area contributed by atoms with Crippen LogP contribution in [-0.2, 0) is 9.31 Å². The van der Waals surface area contributed by atoms with Crippen LogP contribution in [0, 0.1) is 5.82 Å². The number of amides is 1. The summed E-state index contributed by atoms with van der Waals surface area (Å²) in [6.07, 6.45) is 0.924. The van der Waals surface area contributed by atoms with E-state index in [9.17, 15) is 9.18 Å². The number of hydrogen-bond donors (Lipinski definition) is 1. The van der Waals surface area contributed by atoms with Gasteiger partial charge in [0.25, 0.3) is 5.91 Å². The molecule has 8 heteroatoms. The Labute approximate surface area is 161 Å². The standard InChI is InChI=1S/C18H26BFN2O3.ClH/c1-17(2)18(3,4)25-19(24-17)14-10-12(6-7-15(14)20)16(23)22-9-8-13(11-22)21-5;/h6-7,10,13,21H,8-9,11H2,1-5H3;1H/t13-;/m1./s1. The van der Waals surface area contributed by atoms with E-state index in [4.69, 9.17) is 9.31 Å².